The fraction of sp³-hybridized carbons (Fsp3) is 0.625. The number of hydrogen-bond acceptors (Lipinski definition) is 3. The van der Waals surface area contributed by atoms with Crippen molar-refractivity contribution in [2.45, 2.75) is 50.5 Å². The van der Waals surface area contributed by atoms with Gasteiger partial charge in [-0.05, 0) is 43.4 Å². The van der Waals surface area contributed by atoms with Crippen molar-refractivity contribution in [1.82, 2.24) is 4.31 Å². The van der Waals surface area contributed by atoms with Crippen LogP contribution in [-0.4, -0.2) is 30.9 Å². The number of benzene rings is 1. The average molecular weight is 311 g/mol. The zero-order chi connectivity index (χ0) is 15.5. The lowest BCUT2D eigenvalue weighted by atomic mass is 9.94. The number of piperidine rings is 1. The van der Waals surface area contributed by atoms with Crippen LogP contribution in [0.15, 0.2) is 29.2 Å². The second-order valence-corrected chi connectivity index (χ2v) is 7.82. The third kappa shape index (κ3) is 3.84. The Kier molecular flexibility index (Phi) is 5.41. The molecule has 1 aliphatic heterocycles. The molecule has 1 unspecified atom stereocenters. The molecule has 4 nitrogen and oxygen atoms in total. The van der Waals surface area contributed by atoms with E-state index >= 15 is 0 Å². The summed E-state index contributed by atoms with van der Waals surface area (Å²) in [5.74, 6) is 0.666. The summed E-state index contributed by atoms with van der Waals surface area (Å²) in [4.78, 5) is 0.320. The molecule has 5 heteroatoms. The van der Waals surface area contributed by atoms with E-state index in [0.717, 1.165) is 24.8 Å². The third-order valence-corrected chi connectivity index (χ3v) is 6.18. The van der Waals surface area contributed by atoms with Gasteiger partial charge in [-0.2, -0.15) is 4.31 Å². The molecule has 1 aromatic carbocycles. The molecule has 0 bridgehead atoms. The Hall–Kier alpha value is -0.910. The van der Waals surface area contributed by atoms with E-state index in [9.17, 15) is 13.5 Å². The lowest BCUT2D eigenvalue weighted by Gasteiger charge is -2.31. The Balaban J connectivity index is 2.08. The molecule has 0 aliphatic carbocycles. The second kappa shape index (κ2) is 6.90. The number of aliphatic hydroxyl groups is 1. The molecule has 2 rings (SSSR count). The van der Waals surface area contributed by atoms with Crippen LogP contribution in [0.1, 0.15) is 51.2 Å². The fourth-order valence-electron chi connectivity index (χ4n) is 2.91. The first-order chi connectivity index (χ1) is 9.95. The topological polar surface area (TPSA) is 57.6 Å². The Morgan fingerprint density at radius 3 is 2.29 bits per heavy atom. The summed E-state index contributed by atoms with van der Waals surface area (Å²) in [5.41, 5.74) is 0.732. The molecule has 1 N–H and O–H groups in total. The van der Waals surface area contributed by atoms with Gasteiger partial charge in [0.25, 0.3) is 0 Å². The van der Waals surface area contributed by atoms with Crippen molar-refractivity contribution in [2.24, 2.45) is 5.92 Å². The number of rotatable bonds is 5. The van der Waals surface area contributed by atoms with E-state index in [1.807, 2.05) is 0 Å². The van der Waals surface area contributed by atoms with Gasteiger partial charge >= 0.3 is 0 Å². The maximum absolute atomic E-state index is 12.6. The van der Waals surface area contributed by atoms with Crippen LogP contribution in [-0.2, 0) is 10.0 Å². The molecular weight excluding hydrogens is 286 g/mol. The SMILES string of the molecule is CCCC1CCN(S(=O)(=O)c2ccc(C(C)O)cc2)CC1. The van der Waals surface area contributed by atoms with Gasteiger partial charge in [0.1, 0.15) is 0 Å². The Labute approximate surface area is 127 Å². The molecule has 0 saturated carbocycles. The first kappa shape index (κ1) is 16.5. The van der Waals surface area contributed by atoms with Gasteiger partial charge in [0.15, 0.2) is 0 Å². The van der Waals surface area contributed by atoms with Crippen molar-refractivity contribution >= 4 is 10.0 Å². The van der Waals surface area contributed by atoms with Crippen LogP contribution in [0.2, 0.25) is 0 Å². The highest BCUT2D eigenvalue weighted by molar-refractivity contribution is 7.89. The summed E-state index contributed by atoms with van der Waals surface area (Å²) >= 11 is 0. The van der Waals surface area contributed by atoms with Crippen LogP contribution in [0.4, 0.5) is 0 Å². The van der Waals surface area contributed by atoms with Crippen molar-refractivity contribution in [1.29, 1.82) is 0 Å². The zero-order valence-corrected chi connectivity index (χ0v) is 13.6. The molecule has 1 aliphatic rings. The van der Waals surface area contributed by atoms with E-state index in [0.29, 0.717) is 23.9 Å². The van der Waals surface area contributed by atoms with Gasteiger partial charge in [-0.25, -0.2) is 8.42 Å². The van der Waals surface area contributed by atoms with E-state index in [1.54, 1.807) is 35.5 Å². The fourth-order valence-corrected chi connectivity index (χ4v) is 4.38. The highest BCUT2D eigenvalue weighted by atomic mass is 32.2. The molecule has 21 heavy (non-hydrogen) atoms. The van der Waals surface area contributed by atoms with Crippen LogP contribution in [0.5, 0.6) is 0 Å². The molecule has 1 aromatic rings. The smallest absolute Gasteiger partial charge is 0.243 e. The number of nitrogens with zero attached hydrogens (tertiary/aromatic N) is 1. The molecule has 1 fully saturated rings. The van der Waals surface area contributed by atoms with Crippen molar-refractivity contribution in [3.63, 3.8) is 0 Å². The first-order valence-electron chi connectivity index (χ1n) is 7.73. The molecule has 0 radical (unpaired) electrons. The standard InChI is InChI=1S/C16H25NO3S/c1-3-4-14-9-11-17(12-10-14)21(19,20)16-7-5-15(6-8-16)13(2)18/h5-8,13-14,18H,3-4,9-12H2,1-2H3. The summed E-state index contributed by atoms with van der Waals surface area (Å²) in [7, 11) is -3.39. The minimum Gasteiger partial charge on any atom is -0.389 e. The molecule has 0 spiro atoms. The summed E-state index contributed by atoms with van der Waals surface area (Å²) < 4.78 is 26.8. The number of hydrogen-bond donors (Lipinski definition) is 1. The van der Waals surface area contributed by atoms with Crippen molar-refractivity contribution < 1.29 is 13.5 Å². The average Bonchev–Trinajstić information content (AvgIpc) is 2.48. The number of aliphatic hydroxyl groups excluding tert-OH is 1. The summed E-state index contributed by atoms with van der Waals surface area (Å²) in [6, 6.07) is 6.55. The van der Waals surface area contributed by atoms with Crippen LogP contribution in [0.25, 0.3) is 0 Å². The van der Waals surface area contributed by atoms with Crippen LogP contribution < -0.4 is 0 Å². The maximum Gasteiger partial charge on any atom is 0.243 e. The maximum atomic E-state index is 12.6. The summed E-state index contributed by atoms with van der Waals surface area (Å²) in [5, 5.41) is 9.49. The Morgan fingerprint density at radius 1 is 1.24 bits per heavy atom. The largest absolute Gasteiger partial charge is 0.389 e. The highest BCUT2D eigenvalue weighted by Gasteiger charge is 2.28. The first-order valence-corrected chi connectivity index (χ1v) is 9.17. The lowest BCUT2D eigenvalue weighted by Crippen LogP contribution is -2.38. The highest BCUT2D eigenvalue weighted by Crippen LogP contribution is 2.26. The van der Waals surface area contributed by atoms with Crippen molar-refractivity contribution in [3.8, 4) is 0 Å². The normalized spacial score (nSPS) is 19.6. The van der Waals surface area contributed by atoms with Gasteiger partial charge in [-0.1, -0.05) is 31.9 Å². The molecule has 1 heterocycles. The Bertz CT molecular complexity index is 543. The second-order valence-electron chi connectivity index (χ2n) is 5.88. The lowest BCUT2D eigenvalue weighted by molar-refractivity contribution is 0.199. The van der Waals surface area contributed by atoms with Gasteiger partial charge < -0.3 is 5.11 Å². The van der Waals surface area contributed by atoms with Gasteiger partial charge in [-0.15, -0.1) is 0 Å². The minimum absolute atomic E-state index is 0.320. The predicted octanol–water partition coefficient (Wildman–Crippen LogP) is 2.94. The van der Waals surface area contributed by atoms with Gasteiger partial charge in [0.2, 0.25) is 10.0 Å². The van der Waals surface area contributed by atoms with E-state index in [2.05, 4.69) is 6.92 Å². The molecule has 118 valence electrons. The number of sulfonamides is 1. The van der Waals surface area contributed by atoms with Crippen LogP contribution in [0, 0.1) is 5.92 Å². The van der Waals surface area contributed by atoms with E-state index in [-0.39, 0.29) is 0 Å². The third-order valence-electron chi connectivity index (χ3n) is 4.27. The summed E-state index contributed by atoms with van der Waals surface area (Å²) in [6.45, 7) is 5.07. The predicted molar refractivity (Wildman–Crippen MR) is 83.5 cm³/mol. The van der Waals surface area contributed by atoms with Gasteiger partial charge in [0.05, 0.1) is 11.0 Å². The van der Waals surface area contributed by atoms with Crippen LogP contribution >= 0.6 is 0 Å². The van der Waals surface area contributed by atoms with E-state index in [4.69, 9.17) is 0 Å². The van der Waals surface area contributed by atoms with Crippen molar-refractivity contribution in [3.05, 3.63) is 29.8 Å². The Morgan fingerprint density at radius 2 is 1.81 bits per heavy atom. The van der Waals surface area contributed by atoms with Crippen LogP contribution in [0.3, 0.4) is 0 Å². The van der Waals surface area contributed by atoms with Crippen molar-refractivity contribution in [2.75, 3.05) is 13.1 Å². The molecule has 1 atom stereocenters. The van der Waals surface area contributed by atoms with E-state index in [1.165, 1.54) is 6.42 Å². The van der Waals surface area contributed by atoms with Gasteiger partial charge in [-0.3, -0.25) is 0 Å². The monoisotopic (exact) mass is 311 g/mol. The van der Waals surface area contributed by atoms with E-state index < -0.39 is 16.1 Å². The minimum atomic E-state index is -3.39. The molecule has 0 amide bonds. The molecule has 0 aromatic heterocycles. The molecule has 1 saturated heterocycles. The molecular formula is C16H25NO3S. The summed E-state index contributed by atoms with van der Waals surface area (Å²) in [6.07, 6.45) is 3.69. The quantitative estimate of drug-likeness (QED) is 0.909. The zero-order valence-electron chi connectivity index (χ0n) is 12.8. The van der Waals surface area contributed by atoms with Gasteiger partial charge in [0, 0.05) is 13.1 Å².